The van der Waals surface area contributed by atoms with E-state index in [1.165, 1.54) is 0 Å². The molecule has 0 unspecified atom stereocenters. The summed E-state index contributed by atoms with van der Waals surface area (Å²) in [6, 6.07) is 7.18. The number of aromatic nitrogens is 1. The summed E-state index contributed by atoms with van der Waals surface area (Å²) < 4.78 is 27.5. The van der Waals surface area contributed by atoms with E-state index in [1.807, 2.05) is 13.0 Å². The van der Waals surface area contributed by atoms with Crippen LogP contribution in [0.4, 0.5) is 0 Å². The Hall–Kier alpha value is -1.50. The van der Waals surface area contributed by atoms with Crippen molar-refractivity contribution in [2.24, 2.45) is 0 Å². The van der Waals surface area contributed by atoms with Crippen LogP contribution in [0.15, 0.2) is 35.4 Å². The fourth-order valence-corrected chi connectivity index (χ4v) is 4.44. The van der Waals surface area contributed by atoms with E-state index in [-0.39, 0.29) is 0 Å². The van der Waals surface area contributed by atoms with Crippen LogP contribution >= 0.6 is 0 Å². The van der Waals surface area contributed by atoms with Gasteiger partial charge in [-0.2, -0.15) is 4.31 Å². The minimum Gasteiger partial charge on any atom is -0.315 e. The van der Waals surface area contributed by atoms with Crippen LogP contribution in [0.3, 0.4) is 0 Å². The van der Waals surface area contributed by atoms with E-state index in [0.29, 0.717) is 24.5 Å². The maximum atomic E-state index is 12.9. The lowest BCUT2D eigenvalue weighted by Crippen LogP contribution is -2.34. The molecule has 5 nitrogen and oxygen atoms in total. The second-order valence-electron chi connectivity index (χ2n) is 5.26. The van der Waals surface area contributed by atoms with E-state index < -0.39 is 10.0 Å². The van der Waals surface area contributed by atoms with Gasteiger partial charge < -0.3 is 5.32 Å². The Kier molecular flexibility index (Phi) is 3.93. The normalized spacial score (nSPS) is 17.8. The molecule has 0 atom stereocenters. The van der Waals surface area contributed by atoms with Gasteiger partial charge in [-0.15, -0.1) is 0 Å². The minimum atomic E-state index is -3.46. The van der Waals surface area contributed by atoms with Crippen LogP contribution in [0, 0.1) is 6.92 Å². The maximum absolute atomic E-state index is 12.9. The highest BCUT2D eigenvalue weighted by Crippen LogP contribution is 2.27. The van der Waals surface area contributed by atoms with Crippen molar-refractivity contribution in [2.45, 2.75) is 18.2 Å². The average Bonchev–Trinajstić information content (AvgIpc) is 2.77. The van der Waals surface area contributed by atoms with E-state index in [1.54, 1.807) is 28.7 Å². The molecule has 2 heterocycles. The number of pyridine rings is 1. The molecule has 0 aliphatic carbocycles. The zero-order chi connectivity index (χ0) is 14.9. The predicted octanol–water partition coefficient (Wildman–Crippen LogP) is 1.53. The third kappa shape index (κ3) is 2.66. The summed E-state index contributed by atoms with van der Waals surface area (Å²) in [7, 11) is -3.46. The largest absolute Gasteiger partial charge is 0.315 e. The van der Waals surface area contributed by atoms with Gasteiger partial charge in [-0.1, -0.05) is 12.1 Å². The fourth-order valence-electron chi connectivity index (χ4n) is 2.75. The van der Waals surface area contributed by atoms with Crippen molar-refractivity contribution < 1.29 is 8.42 Å². The molecular weight excluding hydrogens is 286 g/mol. The number of hydrogen-bond donors (Lipinski definition) is 1. The standard InChI is InChI=1S/C15H19N3O2S/c1-12-13-4-2-5-15(14(13)6-8-17-12)21(19,20)18-10-3-7-16-9-11-18/h2,4-6,8,16H,3,7,9-11H2,1H3. The predicted molar refractivity (Wildman–Crippen MR) is 82.7 cm³/mol. The molecule has 21 heavy (non-hydrogen) atoms. The van der Waals surface area contributed by atoms with Crippen LogP contribution in [0.5, 0.6) is 0 Å². The second-order valence-corrected chi connectivity index (χ2v) is 7.16. The average molecular weight is 305 g/mol. The molecule has 0 spiro atoms. The maximum Gasteiger partial charge on any atom is 0.243 e. The summed E-state index contributed by atoms with van der Waals surface area (Å²) in [5, 5.41) is 4.88. The third-order valence-electron chi connectivity index (χ3n) is 3.88. The van der Waals surface area contributed by atoms with Gasteiger partial charge in [-0.3, -0.25) is 4.98 Å². The Balaban J connectivity index is 2.12. The van der Waals surface area contributed by atoms with Crippen molar-refractivity contribution in [1.82, 2.24) is 14.6 Å². The van der Waals surface area contributed by atoms with Crippen LogP contribution in [0.2, 0.25) is 0 Å². The van der Waals surface area contributed by atoms with E-state index in [0.717, 1.165) is 29.4 Å². The summed E-state index contributed by atoms with van der Waals surface area (Å²) in [5.74, 6) is 0. The van der Waals surface area contributed by atoms with Gasteiger partial charge in [0.2, 0.25) is 10.0 Å². The molecule has 6 heteroatoms. The first-order valence-corrected chi connectivity index (χ1v) is 8.60. The molecule has 1 aromatic heterocycles. The molecule has 1 saturated heterocycles. The number of rotatable bonds is 2. The molecule has 1 aliphatic heterocycles. The summed E-state index contributed by atoms with van der Waals surface area (Å²) in [6.45, 7) is 4.54. The van der Waals surface area contributed by atoms with Crippen LogP contribution in [-0.2, 0) is 10.0 Å². The summed E-state index contributed by atoms with van der Waals surface area (Å²) in [4.78, 5) is 4.62. The molecule has 1 N–H and O–H groups in total. The van der Waals surface area contributed by atoms with Gasteiger partial charge in [-0.05, 0) is 32.0 Å². The van der Waals surface area contributed by atoms with Crippen molar-refractivity contribution >= 4 is 20.8 Å². The zero-order valence-electron chi connectivity index (χ0n) is 12.0. The van der Waals surface area contributed by atoms with Crippen LogP contribution in [-0.4, -0.2) is 43.9 Å². The van der Waals surface area contributed by atoms with Crippen LogP contribution in [0.1, 0.15) is 12.1 Å². The highest BCUT2D eigenvalue weighted by atomic mass is 32.2. The van der Waals surface area contributed by atoms with Crippen molar-refractivity contribution in [1.29, 1.82) is 0 Å². The first-order valence-electron chi connectivity index (χ1n) is 7.16. The second kappa shape index (κ2) is 5.71. The van der Waals surface area contributed by atoms with Crippen molar-refractivity contribution in [3.8, 4) is 0 Å². The number of aryl methyl sites for hydroxylation is 1. The number of hydrogen-bond acceptors (Lipinski definition) is 4. The van der Waals surface area contributed by atoms with E-state index >= 15 is 0 Å². The number of sulfonamides is 1. The smallest absolute Gasteiger partial charge is 0.243 e. The van der Waals surface area contributed by atoms with Gasteiger partial charge in [0.05, 0.1) is 4.90 Å². The Bertz CT molecular complexity index is 751. The fraction of sp³-hybridized carbons (Fsp3) is 0.400. The first-order chi connectivity index (χ1) is 10.1. The zero-order valence-corrected chi connectivity index (χ0v) is 12.9. The lowest BCUT2D eigenvalue weighted by Gasteiger charge is -2.20. The number of nitrogens with one attached hydrogen (secondary N) is 1. The quantitative estimate of drug-likeness (QED) is 0.914. The molecule has 1 aromatic carbocycles. The van der Waals surface area contributed by atoms with Crippen LogP contribution in [0.25, 0.3) is 10.8 Å². The number of fused-ring (bicyclic) bond motifs is 1. The summed E-state index contributed by atoms with van der Waals surface area (Å²) in [5.41, 5.74) is 0.849. The van der Waals surface area contributed by atoms with Gasteiger partial charge in [0.1, 0.15) is 0 Å². The topological polar surface area (TPSA) is 62.3 Å². The molecule has 3 rings (SSSR count). The molecule has 0 saturated carbocycles. The highest BCUT2D eigenvalue weighted by Gasteiger charge is 2.26. The lowest BCUT2D eigenvalue weighted by atomic mass is 10.1. The number of benzene rings is 1. The lowest BCUT2D eigenvalue weighted by molar-refractivity contribution is 0.432. The van der Waals surface area contributed by atoms with E-state index in [2.05, 4.69) is 10.3 Å². The van der Waals surface area contributed by atoms with Crippen molar-refractivity contribution in [3.63, 3.8) is 0 Å². The highest BCUT2D eigenvalue weighted by molar-refractivity contribution is 7.89. The van der Waals surface area contributed by atoms with Crippen LogP contribution < -0.4 is 5.32 Å². The van der Waals surface area contributed by atoms with Crippen molar-refractivity contribution in [3.05, 3.63) is 36.2 Å². The monoisotopic (exact) mass is 305 g/mol. The van der Waals surface area contributed by atoms with Gasteiger partial charge >= 0.3 is 0 Å². The Morgan fingerprint density at radius 2 is 2.00 bits per heavy atom. The van der Waals surface area contributed by atoms with Gasteiger partial charge in [0, 0.05) is 42.3 Å². The van der Waals surface area contributed by atoms with Gasteiger partial charge in [0.25, 0.3) is 0 Å². The van der Waals surface area contributed by atoms with E-state index in [9.17, 15) is 8.42 Å². The summed E-state index contributed by atoms with van der Waals surface area (Å²) >= 11 is 0. The Morgan fingerprint density at radius 3 is 2.86 bits per heavy atom. The Morgan fingerprint density at radius 1 is 1.14 bits per heavy atom. The molecule has 2 aromatic rings. The Labute approximate surface area is 125 Å². The molecule has 1 fully saturated rings. The van der Waals surface area contributed by atoms with Gasteiger partial charge in [0.15, 0.2) is 0 Å². The number of nitrogens with zero attached hydrogens (tertiary/aromatic N) is 2. The third-order valence-corrected chi connectivity index (χ3v) is 5.84. The molecular formula is C15H19N3O2S. The van der Waals surface area contributed by atoms with E-state index in [4.69, 9.17) is 0 Å². The minimum absolute atomic E-state index is 0.382. The molecule has 112 valence electrons. The van der Waals surface area contributed by atoms with Crippen molar-refractivity contribution in [2.75, 3.05) is 26.2 Å². The SMILES string of the molecule is Cc1nccc2c(S(=O)(=O)N3CCCNCC3)cccc12. The van der Waals surface area contributed by atoms with Gasteiger partial charge in [-0.25, -0.2) is 8.42 Å². The molecule has 0 bridgehead atoms. The molecule has 1 aliphatic rings. The first kappa shape index (κ1) is 14.4. The molecule has 0 amide bonds. The molecule has 0 radical (unpaired) electrons. The summed E-state index contributed by atoms with van der Waals surface area (Å²) in [6.07, 6.45) is 2.51.